The highest BCUT2D eigenvalue weighted by molar-refractivity contribution is 5.68. The molecule has 96 valence electrons. The van der Waals surface area contributed by atoms with Crippen molar-refractivity contribution in [3.63, 3.8) is 0 Å². The van der Waals surface area contributed by atoms with Crippen LogP contribution in [0.2, 0.25) is 0 Å². The molecule has 3 rings (SSSR count). The average Bonchev–Trinajstić information content (AvgIpc) is 2.83. The third-order valence-corrected chi connectivity index (χ3v) is 4.21. The van der Waals surface area contributed by atoms with Crippen LogP contribution in [0.1, 0.15) is 24.1 Å². The summed E-state index contributed by atoms with van der Waals surface area (Å²) in [6.45, 7) is 4.28. The fourth-order valence-corrected chi connectivity index (χ4v) is 3.10. The molecule has 2 aliphatic rings. The minimum Gasteiger partial charge on any atom is -0.495 e. The first-order chi connectivity index (χ1) is 8.78. The minimum atomic E-state index is 0.709. The minimum absolute atomic E-state index is 0.709. The number of fused-ring (bicyclic) bond motifs is 1. The standard InChI is InChI=1S/C15H20N2O/c1-10-15(18-2)7-14(9-17-10)12-5-11-3-4-16-8-13(11)6-12/h6-7,9,11,13,16H,3-5,8H2,1-2H3/t11-,13-/m0/s1. The third kappa shape index (κ3) is 2.03. The van der Waals surface area contributed by atoms with Crippen LogP contribution in [0.5, 0.6) is 5.75 Å². The first-order valence-corrected chi connectivity index (χ1v) is 6.70. The molecule has 1 aromatic heterocycles. The summed E-state index contributed by atoms with van der Waals surface area (Å²) in [6, 6.07) is 2.12. The van der Waals surface area contributed by atoms with Crippen LogP contribution in [-0.4, -0.2) is 25.2 Å². The number of methoxy groups -OCH3 is 1. The molecule has 1 fully saturated rings. The van der Waals surface area contributed by atoms with E-state index in [0.717, 1.165) is 30.5 Å². The second-order valence-electron chi connectivity index (χ2n) is 5.32. The topological polar surface area (TPSA) is 34.1 Å². The predicted octanol–water partition coefficient (Wildman–Crippen LogP) is 2.41. The van der Waals surface area contributed by atoms with Crippen LogP contribution in [-0.2, 0) is 0 Å². The number of nitrogens with one attached hydrogen (secondary N) is 1. The molecule has 0 amide bonds. The van der Waals surface area contributed by atoms with Crippen LogP contribution in [0, 0.1) is 18.8 Å². The van der Waals surface area contributed by atoms with Gasteiger partial charge in [0.25, 0.3) is 0 Å². The summed E-state index contributed by atoms with van der Waals surface area (Å²) in [5.74, 6) is 2.43. The van der Waals surface area contributed by atoms with Gasteiger partial charge in [0.05, 0.1) is 12.8 Å². The van der Waals surface area contributed by atoms with Crippen molar-refractivity contribution >= 4 is 5.57 Å². The van der Waals surface area contributed by atoms with Crippen molar-refractivity contribution in [3.05, 3.63) is 29.6 Å². The van der Waals surface area contributed by atoms with Crippen molar-refractivity contribution < 1.29 is 4.74 Å². The van der Waals surface area contributed by atoms with Crippen molar-refractivity contribution in [1.82, 2.24) is 10.3 Å². The van der Waals surface area contributed by atoms with Crippen molar-refractivity contribution in [2.24, 2.45) is 11.8 Å². The Balaban J connectivity index is 1.87. The molecule has 0 unspecified atom stereocenters. The van der Waals surface area contributed by atoms with Gasteiger partial charge in [-0.25, -0.2) is 0 Å². The van der Waals surface area contributed by atoms with E-state index < -0.39 is 0 Å². The van der Waals surface area contributed by atoms with Gasteiger partial charge in [-0.05, 0) is 55.3 Å². The monoisotopic (exact) mass is 244 g/mol. The van der Waals surface area contributed by atoms with Crippen LogP contribution in [0.25, 0.3) is 5.57 Å². The highest BCUT2D eigenvalue weighted by atomic mass is 16.5. The van der Waals surface area contributed by atoms with Gasteiger partial charge in [-0.15, -0.1) is 0 Å². The van der Waals surface area contributed by atoms with E-state index in [9.17, 15) is 0 Å². The maximum absolute atomic E-state index is 5.36. The molecule has 1 aliphatic carbocycles. The van der Waals surface area contributed by atoms with Gasteiger partial charge in [-0.2, -0.15) is 0 Å². The van der Waals surface area contributed by atoms with Gasteiger partial charge in [0.1, 0.15) is 5.75 Å². The van der Waals surface area contributed by atoms with Crippen LogP contribution < -0.4 is 10.1 Å². The average molecular weight is 244 g/mol. The Labute approximate surface area is 108 Å². The van der Waals surface area contributed by atoms with Crippen molar-refractivity contribution in [2.45, 2.75) is 19.8 Å². The molecule has 1 aliphatic heterocycles. The Bertz CT molecular complexity index is 481. The highest BCUT2D eigenvalue weighted by Crippen LogP contribution is 2.39. The van der Waals surface area contributed by atoms with Crippen LogP contribution in [0.3, 0.4) is 0 Å². The van der Waals surface area contributed by atoms with Crippen LogP contribution in [0.4, 0.5) is 0 Å². The SMILES string of the molecule is COc1cc(C2=C[C@H]3CNCC[C@H]3C2)cnc1C. The van der Waals surface area contributed by atoms with E-state index in [-0.39, 0.29) is 0 Å². The number of piperidine rings is 1. The first kappa shape index (κ1) is 11.7. The van der Waals surface area contributed by atoms with Gasteiger partial charge in [-0.3, -0.25) is 4.98 Å². The molecule has 2 atom stereocenters. The van der Waals surface area contributed by atoms with Crippen LogP contribution in [0.15, 0.2) is 18.3 Å². The van der Waals surface area contributed by atoms with Crippen molar-refractivity contribution in [2.75, 3.05) is 20.2 Å². The van der Waals surface area contributed by atoms with E-state index in [2.05, 4.69) is 22.4 Å². The number of nitrogens with zero attached hydrogens (tertiary/aromatic N) is 1. The van der Waals surface area contributed by atoms with Crippen molar-refractivity contribution in [1.29, 1.82) is 0 Å². The Hall–Kier alpha value is -1.35. The number of aryl methyl sites for hydroxylation is 1. The maximum atomic E-state index is 5.36. The number of hydrogen-bond donors (Lipinski definition) is 1. The molecular formula is C15H20N2O. The normalized spacial score (nSPS) is 26.7. The summed E-state index contributed by atoms with van der Waals surface area (Å²) in [6.07, 6.45) is 6.90. The van der Waals surface area contributed by atoms with Gasteiger partial charge in [0, 0.05) is 12.7 Å². The molecule has 0 spiro atoms. The molecule has 0 radical (unpaired) electrons. The highest BCUT2D eigenvalue weighted by Gasteiger charge is 2.30. The summed E-state index contributed by atoms with van der Waals surface area (Å²) in [5.41, 5.74) is 3.63. The lowest BCUT2D eigenvalue weighted by molar-refractivity contribution is 0.323. The zero-order chi connectivity index (χ0) is 12.5. The zero-order valence-electron chi connectivity index (χ0n) is 11.1. The second kappa shape index (κ2) is 4.73. The number of rotatable bonds is 2. The van der Waals surface area contributed by atoms with E-state index in [1.165, 1.54) is 24.0 Å². The Kier molecular flexibility index (Phi) is 3.08. The lowest BCUT2D eigenvalue weighted by Gasteiger charge is -2.25. The van der Waals surface area contributed by atoms with Gasteiger partial charge in [0.15, 0.2) is 0 Å². The van der Waals surface area contributed by atoms with Gasteiger partial charge < -0.3 is 10.1 Å². The fourth-order valence-electron chi connectivity index (χ4n) is 3.10. The molecule has 1 saturated heterocycles. The van der Waals surface area contributed by atoms with E-state index >= 15 is 0 Å². The first-order valence-electron chi connectivity index (χ1n) is 6.70. The van der Waals surface area contributed by atoms with E-state index in [4.69, 9.17) is 4.74 Å². The predicted molar refractivity (Wildman–Crippen MR) is 72.6 cm³/mol. The summed E-state index contributed by atoms with van der Waals surface area (Å²) in [5, 5.41) is 3.47. The lowest BCUT2D eigenvalue weighted by Crippen LogP contribution is -2.33. The number of allylic oxidation sites excluding steroid dienone is 1. The van der Waals surface area contributed by atoms with Gasteiger partial charge in [0.2, 0.25) is 0 Å². The molecule has 2 heterocycles. The number of ether oxygens (including phenoxy) is 1. The van der Waals surface area contributed by atoms with Gasteiger partial charge in [-0.1, -0.05) is 6.08 Å². The largest absolute Gasteiger partial charge is 0.495 e. The quantitative estimate of drug-likeness (QED) is 0.867. The zero-order valence-corrected chi connectivity index (χ0v) is 11.1. The van der Waals surface area contributed by atoms with E-state index in [1.54, 1.807) is 7.11 Å². The second-order valence-corrected chi connectivity index (χ2v) is 5.32. The van der Waals surface area contributed by atoms with E-state index in [1.807, 2.05) is 13.1 Å². The maximum Gasteiger partial charge on any atom is 0.140 e. The summed E-state index contributed by atoms with van der Waals surface area (Å²) >= 11 is 0. The summed E-state index contributed by atoms with van der Waals surface area (Å²) < 4.78 is 5.36. The smallest absolute Gasteiger partial charge is 0.140 e. The molecule has 18 heavy (non-hydrogen) atoms. The Morgan fingerprint density at radius 3 is 3.11 bits per heavy atom. The fraction of sp³-hybridized carbons (Fsp3) is 0.533. The van der Waals surface area contributed by atoms with Crippen molar-refractivity contribution in [3.8, 4) is 5.75 Å². The number of aromatic nitrogens is 1. The molecule has 3 nitrogen and oxygen atoms in total. The number of pyridine rings is 1. The number of hydrogen-bond acceptors (Lipinski definition) is 3. The van der Waals surface area contributed by atoms with E-state index in [0.29, 0.717) is 5.92 Å². The third-order valence-electron chi connectivity index (χ3n) is 4.21. The molecule has 1 aromatic rings. The van der Waals surface area contributed by atoms with Gasteiger partial charge >= 0.3 is 0 Å². The molecule has 3 heteroatoms. The molecule has 1 N–H and O–H groups in total. The molecule has 0 saturated carbocycles. The Morgan fingerprint density at radius 1 is 1.44 bits per heavy atom. The lowest BCUT2D eigenvalue weighted by atomic mass is 9.89. The Morgan fingerprint density at radius 2 is 2.33 bits per heavy atom. The molecule has 0 aromatic carbocycles. The molecule has 0 bridgehead atoms. The summed E-state index contributed by atoms with van der Waals surface area (Å²) in [7, 11) is 1.71. The van der Waals surface area contributed by atoms with Crippen LogP contribution >= 0.6 is 0 Å². The molecular weight excluding hydrogens is 224 g/mol. The summed E-state index contributed by atoms with van der Waals surface area (Å²) in [4.78, 5) is 4.43.